The van der Waals surface area contributed by atoms with Crippen LogP contribution in [0.15, 0.2) is 54.6 Å². The van der Waals surface area contributed by atoms with E-state index in [1.165, 1.54) is 11.3 Å². The first-order valence-electron chi connectivity index (χ1n) is 9.08. The Kier molecular flexibility index (Phi) is 5.59. The van der Waals surface area contributed by atoms with Gasteiger partial charge < -0.3 is 10.6 Å². The van der Waals surface area contributed by atoms with Crippen LogP contribution in [-0.4, -0.2) is 30.8 Å². The molecule has 0 fully saturated rings. The van der Waals surface area contributed by atoms with Gasteiger partial charge in [0.2, 0.25) is 10.9 Å². The fourth-order valence-electron chi connectivity index (χ4n) is 2.84. The lowest BCUT2D eigenvalue weighted by atomic mass is 10.1. The van der Waals surface area contributed by atoms with E-state index in [1.54, 1.807) is 4.52 Å². The molecule has 1 amide bonds. The zero-order valence-corrected chi connectivity index (χ0v) is 17.3. The Bertz CT molecular complexity index is 1170. The van der Waals surface area contributed by atoms with Gasteiger partial charge in [0.15, 0.2) is 10.9 Å². The molecule has 0 atom stereocenters. The molecule has 0 radical (unpaired) electrons. The summed E-state index contributed by atoms with van der Waals surface area (Å²) < 4.78 is 1.77. The summed E-state index contributed by atoms with van der Waals surface area (Å²) in [5.41, 5.74) is 2.64. The molecule has 0 spiro atoms. The Hall–Kier alpha value is -3.17. The molecule has 0 unspecified atom stereocenters. The van der Waals surface area contributed by atoms with Crippen LogP contribution in [0.1, 0.15) is 18.3 Å². The van der Waals surface area contributed by atoms with E-state index in [4.69, 9.17) is 12.2 Å². The molecule has 4 aromatic rings. The van der Waals surface area contributed by atoms with Crippen LogP contribution in [0.5, 0.6) is 0 Å². The number of nitrogens with zero attached hydrogens (tertiary/aromatic N) is 4. The van der Waals surface area contributed by atoms with Crippen molar-refractivity contribution in [2.24, 2.45) is 0 Å². The van der Waals surface area contributed by atoms with Crippen LogP contribution in [0.4, 0.5) is 5.69 Å². The van der Waals surface area contributed by atoms with E-state index in [2.05, 4.69) is 25.9 Å². The van der Waals surface area contributed by atoms with Crippen molar-refractivity contribution in [3.63, 3.8) is 0 Å². The number of nitrogens with one attached hydrogen (secondary N) is 2. The molecule has 0 saturated heterocycles. The highest BCUT2D eigenvalue weighted by atomic mass is 32.1. The van der Waals surface area contributed by atoms with Gasteiger partial charge in [-0.25, -0.2) is 0 Å². The third-order valence-corrected chi connectivity index (χ3v) is 5.35. The van der Waals surface area contributed by atoms with Gasteiger partial charge in [0.05, 0.1) is 6.42 Å². The molecule has 4 rings (SSSR count). The van der Waals surface area contributed by atoms with E-state index >= 15 is 0 Å². The normalized spacial score (nSPS) is 10.8. The average molecular weight is 423 g/mol. The number of carbonyl (C=O) groups excluding carboxylic acids is 1. The number of aromatic nitrogens is 4. The van der Waals surface area contributed by atoms with E-state index in [9.17, 15) is 4.79 Å². The van der Waals surface area contributed by atoms with Gasteiger partial charge in [0.25, 0.3) is 0 Å². The van der Waals surface area contributed by atoms with Gasteiger partial charge >= 0.3 is 0 Å². The highest BCUT2D eigenvalue weighted by Crippen LogP contribution is 2.27. The van der Waals surface area contributed by atoms with Crippen LogP contribution in [0.2, 0.25) is 0 Å². The number of benzene rings is 2. The predicted octanol–water partition coefficient (Wildman–Crippen LogP) is 3.47. The minimum atomic E-state index is -0.161. The number of hydrogen-bond acceptors (Lipinski definition) is 6. The first-order valence-corrected chi connectivity index (χ1v) is 10.3. The number of amides is 1. The molecule has 2 aromatic carbocycles. The van der Waals surface area contributed by atoms with E-state index in [0.29, 0.717) is 0 Å². The minimum Gasteiger partial charge on any atom is -0.332 e. The molecule has 2 heterocycles. The molecule has 29 heavy (non-hydrogen) atoms. The Balaban J connectivity index is 1.43. The SMILES string of the molecule is CCc1nnc2sc(-c3cccc(NC(=S)NC(=O)Cc4ccccc4)c3)nn12. The molecule has 0 aliphatic rings. The highest BCUT2D eigenvalue weighted by molar-refractivity contribution is 7.80. The number of fused-ring (bicyclic) bond motifs is 1. The fraction of sp³-hybridized carbons (Fsp3) is 0.150. The van der Waals surface area contributed by atoms with Gasteiger partial charge in [-0.05, 0) is 29.9 Å². The lowest BCUT2D eigenvalue weighted by Gasteiger charge is -2.10. The van der Waals surface area contributed by atoms with Crippen LogP contribution in [0, 0.1) is 0 Å². The maximum atomic E-state index is 12.2. The largest absolute Gasteiger partial charge is 0.332 e. The summed E-state index contributed by atoms with van der Waals surface area (Å²) in [7, 11) is 0. The van der Waals surface area contributed by atoms with Gasteiger partial charge in [0.1, 0.15) is 5.01 Å². The highest BCUT2D eigenvalue weighted by Gasteiger charge is 2.12. The maximum absolute atomic E-state index is 12.2. The first kappa shape index (κ1) is 19.2. The topological polar surface area (TPSA) is 84.2 Å². The summed E-state index contributed by atoms with van der Waals surface area (Å²) >= 11 is 6.76. The molecule has 2 aromatic heterocycles. The Morgan fingerprint density at radius 1 is 1.14 bits per heavy atom. The van der Waals surface area contributed by atoms with E-state index in [1.807, 2.05) is 61.5 Å². The second kappa shape index (κ2) is 8.46. The van der Waals surface area contributed by atoms with Crippen molar-refractivity contribution >= 4 is 45.2 Å². The molecule has 0 saturated carbocycles. The van der Waals surface area contributed by atoms with Gasteiger partial charge in [-0.15, -0.1) is 10.2 Å². The van der Waals surface area contributed by atoms with E-state index in [0.717, 1.165) is 39.0 Å². The van der Waals surface area contributed by atoms with Crippen LogP contribution < -0.4 is 10.6 Å². The summed E-state index contributed by atoms with van der Waals surface area (Å²) in [4.78, 5) is 12.9. The summed E-state index contributed by atoms with van der Waals surface area (Å²) in [5.74, 6) is 0.671. The Labute approximate surface area is 176 Å². The molecule has 0 aliphatic heterocycles. The van der Waals surface area contributed by atoms with Gasteiger partial charge in [-0.1, -0.05) is 60.7 Å². The van der Waals surface area contributed by atoms with Gasteiger partial charge in [-0.3, -0.25) is 4.79 Å². The summed E-state index contributed by atoms with van der Waals surface area (Å²) in [6.45, 7) is 2.02. The van der Waals surface area contributed by atoms with Gasteiger partial charge in [0, 0.05) is 17.7 Å². The Morgan fingerprint density at radius 3 is 2.76 bits per heavy atom. The quantitative estimate of drug-likeness (QED) is 0.479. The summed E-state index contributed by atoms with van der Waals surface area (Å²) in [6.07, 6.45) is 1.04. The molecule has 0 bridgehead atoms. The molecular formula is C20H18N6OS2. The monoisotopic (exact) mass is 422 g/mol. The zero-order chi connectivity index (χ0) is 20.2. The van der Waals surface area contributed by atoms with Crippen molar-refractivity contribution in [3.05, 3.63) is 66.0 Å². The van der Waals surface area contributed by atoms with Crippen LogP contribution in [-0.2, 0) is 17.6 Å². The number of anilines is 1. The van der Waals surface area contributed by atoms with E-state index in [-0.39, 0.29) is 17.4 Å². The smallest absolute Gasteiger partial charge is 0.234 e. The van der Waals surface area contributed by atoms with Crippen LogP contribution >= 0.6 is 23.6 Å². The lowest BCUT2D eigenvalue weighted by Crippen LogP contribution is -2.35. The molecule has 9 heteroatoms. The van der Waals surface area contributed by atoms with Crippen molar-refractivity contribution in [1.29, 1.82) is 0 Å². The number of thiocarbonyl (C=S) groups is 1. The summed E-state index contributed by atoms with van der Waals surface area (Å²) in [6, 6.07) is 17.2. The van der Waals surface area contributed by atoms with Crippen LogP contribution in [0.25, 0.3) is 15.5 Å². The third-order valence-electron chi connectivity index (χ3n) is 4.20. The number of rotatable bonds is 5. The number of hydrogen-bond donors (Lipinski definition) is 2. The molecule has 7 nitrogen and oxygen atoms in total. The molecule has 146 valence electrons. The van der Waals surface area contributed by atoms with Gasteiger partial charge in [-0.2, -0.15) is 9.61 Å². The molecule has 2 N–H and O–H groups in total. The molecular weight excluding hydrogens is 404 g/mol. The van der Waals surface area contributed by atoms with Crippen LogP contribution in [0.3, 0.4) is 0 Å². The number of aryl methyl sites for hydroxylation is 1. The molecule has 0 aliphatic carbocycles. The fourth-order valence-corrected chi connectivity index (χ4v) is 3.93. The van der Waals surface area contributed by atoms with Crippen molar-refractivity contribution in [2.45, 2.75) is 19.8 Å². The number of carbonyl (C=O) groups is 1. The predicted molar refractivity (Wildman–Crippen MR) is 118 cm³/mol. The van der Waals surface area contributed by atoms with Crippen molar-refractivity contribution in [3.8, 4) is 10.6 Å². The average Bonchev–Trinajstić information content (AvgIpc) is 3.29. The second-order valence-electron chi connectivity index (χ2n) is 6.32. The van der Waals surface area contributed by atoms with Crippen molar-refractivity contribution in [2.75, 3.05) is 5.32 Å². The first-order chi connectivity index (χ1) is 14.1. The lowest BCUT2D eigenvalue weighted by molar-refractivity contribution is -0.119. The van der Waals surface area contributed by atoms with Crippen molar-refractivity contribution in [1.82, 2.24) is 25.1 Å². The van der Waals surface area contributed by atoms with Crippen molar-refractivity contribution < 1.29 is 4.79 Å². The standard InChI is InChI=1S/C20H18N6OS2/c1-2-16-23-24-20-26(16)25-18(29-20)14-9-6-10-15(12-14)21-19(28)22-17(27)11-13-7-4-3-5-8-13/h3-10,12H,2,11H2,1H3,(H2,21,22,27,28). The minimum absolute atomic E-state index is 0.161. The third kappa shape index (κ3) is 4.47. The van der Waals surface area contributed by atoms with E-state index < -0.39 is 0 Å². The maximum Gasteiger partial charge on any atom is 0.234 e. The second-order valence-corrected chi connectivity index (χ2v) is 7.68. The Morgan fingerprint density at radius 2 is 1.97 bits per heavy atom. The summed E-state index contributed by atoms with van der Waals surface area (Å²) in [5, 5.41) is 19.8. The zero-order valence-electron chi connectivity index (χ0n) is 15.6.